The van der Waals surface area contributed by atoms with E-state index in [4.69, 9.17) is 0 Å². The van der Waals surface area contributed by atoms with E-state index < -0.39 is 0 Å². The van der Waals surface area contributed by atoms with Crippen molar-refractivity contribution in [2.75, 3.05) is 0 Å². The number of hydrogen-bond donors (Lipinski definition) is 1. The quantitative estimate of drug-likeness (QED) is 0.580. The van der Waals surface area contributed by atoms with Crippen LogP contribution in [0.3, 0.4) is 0 Å². The Hall–Kier alpha value is -2.43. The zero-order chi connectivity index (χ0) is 16.4. The maximum Gasteiger partial charge on any atom is 0.212 e. The maximum atomic E-state index is 13.0. The number of ketones is 1. The number of benzene rings is 1. The fourth-order valence-corrected chi connectivity index (χ4v) is 3.11. The first kappa shape index (κ1) is 15.5. The van der Waals surface area contributed by atoms with Crippen molar-refractivity contribution in [2.45, 2.75) is 46.1 Å². The summed E-state index contributed by atoms with van der Waals surface area (Å²) in [6, 6.07) is 7.25. The van der Waals surface area contributed by atoms with Crippen LogP contribution >= 0.6 is 0 Å². The molecule has 1 heterocycles. The van der Waals surface area contributed by atoms with Crippen LogP contribution in [0.25, 0.3) is 0 Å². The Morgan fingerprint density at radius 1 is 1.17 bits per heavy atom. The lowest BCUT2D eigenvalue weighted by Crippen LogP contribution is -2.24. The van der Waals surface area contributed by atoms with Crippen LogP contribution in [0.1, 0.15) is 66.2 Å². The molecule has 0 spiro atoms. The Morgan fingerprint density at radius 2 is 1.91 bits per heavy atom. The Morgan fingerprint density at radius 3 is 2.57 bits per heavy atom. The minimum Gasteiger partial charge on any atom is -0.410 e. The summed E-state index contributed by atoms with van der Waals surface area (Å²) in [7, 11) is 0. The molecule has 2 aromatic rings. The van der Waals surface area contributed by atoms with Crippen molar-refractivity contribution >= 4 is 11.5 Å². The largest absolute Gasteiger partial charge is 0.410 e. The summed E-state index contributed by atoms with van der Waals surface area (Å²) in [6.07, 6.45) is 3.79. The van der Waals surface area contributed by atoms with E-state index in [9.17, 15) is 10.0 Å². The minimum absolute atomic E-state index is 0.0334. The second-order valence-corrected chi connectivity index (χ2v) is 5.80. The molecule has 1 aromatic carbocycles. The van der Waals surface area contributed by atoms with Crippen LogP contribution < -0.4 is 0 Å². The van der Waals surface area contributed by atoms with Crippen LogP contribution in [0.15, 0.2) is 29.4 Å². The lowest BCUT2D eigenvalue weighted by molar-refractivity contribution is 0.102. The lowest BCUT2D eigenvalue weighted by atomic mass is 9.89. The SMILES string of the molecule is CCCCn1c(CCC)nc2c1C(=O)c1ccccc1C2=NO. The molecule has 0 saturated heterocycles. The summed E-state index contributed by atoms with van der Waals surface area (Å²) in [4.78, 5) is 17.6. The molecule has 0 saturated carbocycles. The van der Waals surface area contributed by atoms with Crippen molar-refractivity contribution in [3.63, 3.8) is 0 Å². The molecule has 0 fully saturated rings. The van der Waals surface area contributed by atoms with Crippen LogP contribution in [0.2, 0.25) is 0 Å². The van der Waals surface area contributed by atoms with E-state index in [1.165, 1.54) is 0 Å². The van der Waals surface area contributed by atoms with Gasteiger partial charge in [0.05, 0.1) is 0 Å². The number of aromatic nitrogens is 2. The summed E-state index contributed by atoms with van der Waals surface area (Å²) in [5.74, 6) is 0.863. The highest BCUT2D eigenvalue weighted by Gasteiger charge is 2.34. The third-order valence-corrected chi connectivity index (χ3v) is 4.22. The van der Waals surface area contributed by atoms with E-state index in [0.717, 1.165) is 38.1 Å². The second-order valence-electron chi connectivity index (χ2n) is 5.80. The molecule has 23 heavy (non-hydrogen) atoms. The summed E-state index contributed by atoms with van der Waals surface area (Å²) in [5.41, 5.74) is 2.69. The molecule has 0 radical (unpaired) electrons. The Bertz CT molecular complexity index is 775. The van der Waals surface area contributed by atoms with Gasteiger partial charge in [0.1, 0.15) is 22.9 Å². The van der Waals surface area contributed by atoms with Gasteiger partial charge in [-0.25, -0.2) is 4.98 Å². The molecule has 0 amide bonds. The fourth-order valence-electron chi connectivity index (χ4n) is 3.11. The number of hydrogen-bond acceptors (Lipinski definition) is 4. The number of fused-ring (bicyclic) bond motifs is 2. The van der Waals surface area contributed by atoms with Crippen molar-refractivity contribution in [2.24, 2.45) is 5.16 Å². The van der Waals surface area contributed by atoms with Crippen molar-refractivity contribution in [3.05, 3.63) is 52.6 Å². The van der Waals surface area contributed by atoms with Crippen LogP contribution in [0.4, 0.5) is 0 Å². The Labute approximate surface area is 135 Å². The van der Waals surface area contributed by atoms with Crippen molar-refractivity contribution in [1.82, 2.24) is 9.55 Å². The normalized spacial score (nSPS) is 14.9. The fraction of sp³-hybridized carbons (Fsp3) is 0.389. The monoisotopic (exact) mass is 311 g/mol. The molecule has 0 bridgehead atoms. The zero-order valence-electron chi connectivity index (χ0n) is 13.5. The number of imidazole rings is 1. The van der Waals surface area contributed by atoms with E-state index in [0.29, 0.717) is 28.2 Å². The van der Waals surface area contributed by atoms with Crippen LogP contribution in [-0.2, 0) is 13.0 Å². The number of carbonyl (C=O) groups excluding carboxylic acids is 1. The molecule has 120 valence electrons. The number of aryl methyl sites for hydroxylation is 1. The van der Waals surface area contributed by atoms with Gasteiger partial charge in [-0.2, -0.15) is 0 Å². The van der Waals surface area contributed by atoms with Gasteiger partial charge < -0.3 is 9.77 Å². The summed E-state index contributed by atoms with van der Waals surface area (Å²) in [6.45, 7) is 4.98. The summed E-state index contributed by atoms with van der Waals surface area (Å²) in [5, 5.41) is 13.0. The topological polar surface area (TPSA) is 67.5 Å². The smallest absolute Gasteiger partial charge is 0.212 e. The zero-order valence-corrected chi connectivity index (χ0v) is 13.5. The lowest BCUT2D eigenvalue weighted by Gasteiger charge is -2.17. The van der Waals surface area contributed by atoms with E-state index >= 15 is 0 Å². The van der Waals surface area contributed by atoms with Crippen molar-refractivity contribution in [1.29, 1.82) is 0 Å². The molecular weight excluding hydrogens is 290 g/mol. The predicted octanol–water partition coefficient (Wildman–Crippen LogP) is 3.41. The van der Waals surface area contributed by atoms with Crippen LogP contribution in [-0.4, -0.2) is 26.3 Å². The molecule has 5 nitrogen and oxygen atoms in total. The molecule has 1 aliphatic rings. The van der Waals surface area contributed by atoms with Gasteiger partial charge in [-0.1, -0.05) is 49.7 Å². The average Bonchev–Trinajstić information content (AvgIpc) is 2.92. The molecule has 0 atom stereocenters. The van der Waals surface area contributed by atoms with Gasteiger partial charge >= 0.3 is 0 Å². The van der Waals surface area contributed by atoms with Gasteiger partial charge in [0, 0.05) is 24.1 Å². The van der Waals surface area contributed by atoms with Gasteiger partial charge in [-0.15, -0.1) is 0 Å². The van der Waals surface area contributed by atoms with Crippen LogP contribution in [0, 0.1) is 0 Å². The second kappa shape index (κ2) is 6.36. The molecule has 1 aliphatic carbocycles. The van der Waals surface area contributed by atoms with E-state index in [-0.39, 0.29) is 5.78 Å². The van der Waals surface area contributed by atoms with Crippen molar-refractivity contribution < 1.29 is 10.0 Å². The van der Waals surface area contributed by atoms with Crippen molar-refractivity contribution in [3.8, 4) is 0 Å². The molecule has 0 aliphatic heterocycles. The van der Waals surface area contributed by atoms with Crippen LogP contribution in [0.5, 0.6) is 0 Å². The van der Waals surface area contributed by atoms with Gasteiger partial charge in [-0.3, -0.25) is 4.79 Å². The standard InChI is InChI=1S/C18H21N3O2/c1-3-5-11-21-14(8-4-2)19-16-15(20-23)12-9-6-7-10-13(12)18(22)17(16)21/h6-7,9-10,23H,3-5,8,11H2,1-2H3. The third-order valence-electron chi connectivity index (χ3n) is 4.22. The number of rotatable bonds is 5. The van der Waals surface area contributed by atoms with Gasteiger partial charge in [0.2, 0.25) is 5.78 Å². The van der Waals surface area contributed by atoms with E-state index in [2.05, 4.69) is 24.0 Å². The Kier molecular flexibility index (Phi) is 4.28. The third kappa shape index (κ3) is 2.46. The highest BCUT2D eigenvalue weighted by molar-refractivity contribution is 6.28. The number of nitrogens with zero attached hydrogens (tertiary/aromatic N) is 3. The molecule has 0 unspecified atom stereocenters. The van der Waals surface area contributed by atoms with Gasteiger partial charge in [0.25, 0.3) is 0 Å². The van der Waals surface area contributed by atoms with Gasteiger partial charge in [0.15, 0.2) is 0 Å². The first-order chi connectivity index (χ1) is 11.2. The maximum absolute atomic E-state index is 13.0. The first-order valence-corrected chi connectivity index (χ1v) is 8.18. The first-order valence-electron chi connectivity index (χ1n) is 8.18. The summed E-state index contributed by atoms with van der Waals surface area (Å²) < 4.78 is 2.02. The Balaban J connectivity index is 2.22. The van der Waals surface area contributed by atoms with Gasteiger partial charge in [-0.05, 0) is 12.8 Å². The summed E-state index contributed by atoms with van der Waals surface area (Å²) >= 11 is 0. The predicted molar refractivity (Wildman–Crippen MR) is 88.4 cm³/mol. The molecule has 1 N–H and O–H groups in total. The highest BCUT2D eigenvalue weighted by Crippen LogP contribution is 2.29. The molecule has 1 aromatic heterocycles. The molecule has 5 heteroatoms. The van der Waals surface area contributed by atoms with E-state index in [1.807, 2.05) is 16.7 Å². The average molecular weight is 311 g/mol. The molecule has 3 rings (SSSR count). The number of unbranched alkanes of at least 4 members (excludes halogenated alkanes) is 1. The number of oxime groups is 1. The minimum atomic E-state index is -0.0334. The highest BCUT2D eigenvalue weighted by atomic mass is 16.4. The molecular formula is C18H21N3O2. The van der Waals surface area contributed by atoms with E-state index in [1.54, 1.807) is 12.1 Å². The number of carbonyl (C=O) groups is 1.